The van der Waals surface area contributed by atoms with Crippen LogP contribution in [0.25, 0.3) is 17.0 Å². The maximum absolute atomic E-state index is 3.69. The summed E-state index contributed by atoms with van der Waals surface area (Å²) < 4.78 is 0. The molecule has 2 heterocycles. The quantitative estimate of drug-likeness (QED) is 0.818. The number of likely N-dealkylation sites (tertiary alicyclic amines) is 1. The van der Waals surface area contributed by atoms with Gasteiger partial charge in [-0.15, -0.1) is 11.8 Å². The highest BCUT2D eigenvalue weighted by Gasteiger charge is 2.29. The van der Waals surface area contributed by atoms with Crippen molar-refractivity contribution in [3.8, 4) is 0 Å². The number of nitrogens with zero attached hydrogens (tertiary/aromatic N) is 1. The molecule has 0 amide bonds. The Hall–Kier alpha value is -1.35. The van der Waals surface area contributed by atoms with E-state index in [-0.39, 0.29) is 0 Å². The molecule has 0 unspecified atom stereocenters. The van der Waals surface area contributed by atoms with E-state index in [1.54, 1.807) is 0 Å². The van der Waals surface area contributed by atoms with E-state index in [0.717, 1.165) is 5.92 Å². The smallest absolute Gasteiger partial charge is 0.0463 e. The van der Waals surface area contributed by atoms with E-state index in [4.69, 9.17) is 0 Å². The molecule has 1 aliphatic carbocycles. The van der Waals surface area contributed by atoms with Gasteiger partial charge in [-0.3, -0.25) is 0 Å². The SMILES string of the molecule is CSc1ccc2[nH]c(C3CC3)c(/C=C3\CCCN3C)c2c1. The lowest BCUT2D eigenvalue weighted by Crippen LogP contribution is -2.09. The Kier molecular flexibility index (Phi) is 3.26. The van der Waals surface area contributed by atoms with Crippen molar-refractivity contribution in [3.63, 3.8) is 0 Å². The molecule has 0 bridgehead atoms. The Morgan fingerprint density at radius 1 is 1.33 bits per heavy atom. The minimum Gasteiger partial charge on any atom is -0.378 e. The van der Waals surface area contributed by atoms with Crippen LogP contribution in [0.5, 0.6) is 0 Å². The van der Waals surface area contributed by atoms with Crippen LogP contribution in [-0.4, -0.2) is 29.7 Å². The molecule has 0 radical (unpaired) electrons. The summed E-state index contributed by atoms with van der Waals surface area (Å²) in [7, 11) is 2.22. The number of hydrogen-bond acceptors (Lipinski definition) is 2. The van der Waals surface area contributed by atoms with E-state index < -0.39 is 0 Å². The summed E-state index contributed by atoms with van der Waals surface area (Å²) in [5.74, 6) is 0.758. The minimum absolute atomic E-state index is 0.758. The number of aromatic nitrogens is 1. The summed E-state index contributed by atoms with van der Waals surface area (Å²) in [4.78, 5) is 7.45. The standard InChI is InChI=1S/C18H22N2S/c1-20-9-3-4-13(20)10-16-15-11-14(21-2)7-8-17(15)19-18(16)12-5-6-12/h7-8,10-12,19H,3-6,9H2,1-2H3/b13-10+. The molecule has 3 heteroatoms. The third kappa shape index (κ3) is 2.38. The molecule has 2 fully saturated rings. The predicted molar refractivity (Wildman–Crippen MR) is 91.9 cm³/mol. The molecule has 1 saturated heterocycles. The zero-order valence-corrected chi connectivity index (χ0v) is 13.6. The molecule has 4 rings (SSSR count). The average Bonchev–Trinajstić information content (AvgIpc) is 3.18. The van der Waals surface area contributed by atoms with Gasteiger partial charge in [-0.1, -0.05) is 0 Å². The molecule has 1 saturated carbocycles. The van der Waals surface area contributed by atoms with Crippen LogP contribution < -0.4 is 0 Å². The van der Waals surface area contributed by atoms with Gasteiger partial charge in [0.05, 0.1) is 0 Å². The Bertz CT molecular complexity index is 709. The number of fused-ring (bicyclic) bond motifs is 1. The van der Waals surface area contributed by atoms with E-state index in [1.165, 1.54) is 65.0 Å². The second-order valence-corrected chi connectivity index (χ2v) is 7.18. The fraction of sp³-hybridized carbons (Fsp3) is 0.444. The van der Waals surface area contributed by atoms with Gasteiger partial charge in [0.25, 0.3) is 0 Å². The first-order valence-corrected chi connectivity index (χ1v) is 9.10. The number of aromatic amines is 1. The van der Waals surface area contributed by atoms with Gasteiger partial charge in [0.2, 0.25) is 0 Å². The van der Waals surface area contributed by atoms with Crippen LogP contribution in [0.3, 0.4) is 0 Å². The van der Waals surface area contributed by atoms with Gasteiger partial charge in [0.15, 0.2) is 0 Å². The van der Waals surface area contributed by atoms with E-state index in [0.29, 0.717) is 0 Å². The van der Waals surface area contributed by atoms with Crippen molar-refractivity contribution in [1.29, 1.82) is 0 Å². The number of hydrogen-bond donors (Lipinski definition) is 1. The molecular formula is C18H22N2S. The average molecular weight is 298 g/mol. The zero-order valence-electron chi connectivity index (χ0n) is 12.8. The summed E-state index contributed by atoms with van der Waals surface area (Å²) in [5, 5.41) is 1.40. The molecule has 2 aliphatic rings. The van der Waals surface area contributed by atoms with Crippen molar-refractivity contribution < 1.29 is 0 Å². The number of allylic oxidation sites excluding steroid dienone is 1. The van der Waals surface area contributed by atoms with Gasteiger partial charge in [-0.05, 0) is 62.1 Å². The van der Waals surface area contributed by atoms with Crippen molar-refractivity contribution >= 4 is 28.7 Å². The number of benzene rings is 1. The van der Waals surface area contributed by atoms with Crippen molar-refractivity contribution in [2.24, 2.45) is 0 Å². The van der Waals surface area contributed by atoms with Crippen LogP contribution in [0, 0.1) is 0 Å². The molecule has 21 heavy (non-hydrogen) atoms. The summed E-state index contributed by atoms with van der Waals surface area (Å²) >= 11 is 1.82. The van der Waals surface area contributed by atoms with E-state index in [2.05, 4.69) is 47.5 Å². The van der Waals surface area contributed by atoms with Crippen molar-refractivity contribution in [3.05, 3.63) is 35.2 Å². The van der Waals surface area contributed by atoms with Crippen LogP contribution in [0.1, 0.15) is 42.9 Å². The second kappa shape index (κ2) is 5.13. The van der Waals surface area contributed by atoms with Gasteiger partial charge >= 0.3 is 0 Å². The van der Waals surface area contributed by atoms with Crippen LogP contribution in [0.4, 0.5) is 0 Å². The van der Waals surface area contributed by atoms with Crippen LogP contribution in [-0.2, 0) is 0 Å². The van der Waals surface area contributed by atoms with Gasteiger partial charge in [-0.2, -0.15) is 0 Å². The van der Waals surface area contributed by atoms with Crippen molar-refractivity contribution in [2.75, 3.05) is 19.8 Å². The Labute approximate surface area is 130 Å². The first-order chi connectivity index (χ1) is 10.3. The second-order valence-electron chi connectivity index (χ2n) is 6.30. The summed E-state index contributed by atoms with van der Waals surface area (Å²) in [6.45, 7) is 1.20. The maximum Gasteiger partial charge on any atom is 0.0463 e. The Balaban J connectivity index is 1.89. The molecule has 2 nitrogen and oxygen atoms in total. The topological polar surface area (TPSA) is 19.0 Å². The molecule has 0 atom stereocenters. The highest BCUT2D eigenvalue weighted by Crippen LogP contribution is 2.44. The Morgan fingerprint density at radius 2 is 2.19 bits per heavy atom. The lowest BCUT2D eigenvalue weighted by atomic mass is 10.1. The lowest BCUT2D eigenvalue weighted by molar-refractivity contribution is 0.484. The number of nitrogens with one attached hydrogen (secondary N) is 1. The van der Waals surface area contributed by atoms with Crippen LogP contribution in [0.2, 0.25) is 0 Å². The van der Waals surface area contributed by atoms with Gasteiger partial charge in [0.1, 0.15) is 0 Å². The molecule has 1 aliphatic heterocycles. The third-order valence-corrected chi connectivity index (χ3v) is 5.52. The summed E-state index contributed by atoms with van der Waals surface area (Å²) in [6.07, 6.45) is 9.79. The largest absolute Gasteiger partial charge is 0.378 e. The predicted octanol–water partition coefficient (Wildman–Crippen LogP) is 4.83. The molecule has 0 spiro atoms. The lowest BCUT2D eigenvalue weighted by Gasteiger charge is -2.12. The highest BCUT2D eigenvalue weighted by atomic mass is 32.2. The number of thioether (sulfide) groups is 1. The fourth-order valence-electron chi connectivity index (χ4n) is 3.37. The zero-order chi connectivity index (χ0) is 14.4. The van der Waals surface area contributed by atoms with Gasteiger partial charge < -0.3 is 9.88 Å². The molecule has 1 N–H and O–H groups in total. The van der Waals surface area contributed by atoms with Gasteiger partial charge in [0, 0.05) is 46.3 Å². The molecular weight excluding hydrogens is 276 g/mol. The Morgan fingerprint density at radius 3 is 2.86 bits per heavy atom. The minimum atomic E-state index is 0.758. The first-order valence-electron chi connectivity index (χ1n) is 7.87. The normalized spacial score (nSPS) is 20.9. The van der Waals surface area contributed by atoms with Crippen molar-refractivity contribution in [1.82, 2.24) is 9.88 Å². The molecule has 1 aromatic heterocycles. The highest BCUT2D eigenvalue weighted by molar-refractivity contribution is 7.98. The number of rotatable bonds is 3. The molecule has 1 aromatic carbocycles. The first kappa shape index (κ1) is 13.3. The van der Waals surface area contributed by atoms with Crippen molar-refractivity contribution in [2.45, 2.75) is 36.5 Å². The van der Waals surface area contributed by atoms with E-state index in [1.807, 2.05) is 11.8 Å². The number of H-pyrrole nitrogens is 1. The fourth-order valence-corrected chi connectivity index (χ4v) is 3.81. The van der Waals surface area contributed by atoms with E-state index >= 15 is 0 Å². The summed E-state index contributed by atoms with van der Waals surface area (Å²) in [5.41, 5.74) is 5.71. The van der Waals surface area contributed by atoms with Crippen LogP contribution >= 0.6 is 11.8 Å². The third-order valence-electron chi connectivity index (χ3n) is 4.79. The van der Waals surface area contributed by atoms with Crippen LogP contribution in [0.15, 0.2) is 28.8 Å². The monoisotopic (exact) mass is 298 g/mol. The molecule has 2 aromatic rings. The maximum atomic E-state index is 3.69. The van der Waals surface area contributed by atoms with E-state index in [9.17, 15) is 0 Å². The summed E-state index contributed by atoms with van der Waals surface area (Å²) in [6, 6.07) is 6.82. The molecule has 110 valence electrons. The van der Waals surface area contributed by atoms with Gasteiger partial charge in [-0.25, -0.2) is 0 Å².